The quantitative estimate of drug-likeness (QED) is 0.706. The lowest BCUT2D eigenvalue weighted by molar-refractivity contribution is 0.121. The highest BCUT2D eigenvalue weighted by Gasteiger charge is 2.17. The molecule has 2 aromatic carbocycles. The van der Waals surface area contributed by atoms with Crippen LogP contribution in [-0.4, -0.2) is 15.9 Å². The lowest BCUT2D eigenvalue weighted by Gasteiger charge is -2.15. The van der Waals surface area contributed by atoms with Gasteiger partial charge in [0.05, 0.1) is 6.20 Å². The molecule has 3 rings (SSSR count). The van der Waals surface area contributed by atoms with Crippen molar-refractivity contribution in [2.75, 3.05) is 11.1 Å². The van der Waals surface area contributed by atoms with Gasteiger partial charge in [0.25, 0.3) is 0 Å². The van der Waals surface area contributed by atoms with E-state index in [4.69, 9.17) is 10.5 Å². The highest BCUT2D eigenvalue weighted by molar-refractivity contribution is 5.90. The van der Waals surface area contributed by atoms with E-state index >= 15 is 0 Å². The molecule has 1 heterocycles. The number of benzene rings is 2. The van der Waals surface area contributed by atoms with E-state index in [1.54, 1.807) is 17.9 Å². The molecule has 1 atom stereocenters. The van der Waals surface area contributed by atoms with Gasteiger partial charge in [0.1, 0.15) is 11.9 Å². The number of hydrogen-bond acceptors (Lipinski definition) is 4. The number of nitrogens with zero attached hydrogens (tertiary/aromatic N) is 2. The van der Waals surface area contributed by atoms with Gasteiger partial charge in [-0.15, -0.1) is 0 Å². The van der Waals surface area contributed by atoms with Crippen LogP contribution in [0.4, 0.5) is 16.3 Å². The molecule has 1 amide bonds. The number of nitrogens with one attached hydrogen (secondary N) is 1. The predicted octanol–water partition coefficient (Wildman–Crippen LogP) is 3.98. The van der Waals surface area contributed by atoms with Gasteiger partial charge < -0.3 is 10.5 Å². The van der Waals surface area contributed by atoms with Crippen LogP contribution >= 0.6 is 0 Å². The van der Waals surface area contributed by atoms with E-state index in [1.807, 2.05) is 61.5 Å². The van der Waals surface area contributed by atoms with Crippen molar-refractivity contribution >= 4 is 17.6 Å². The minimum atomic E-state index is -0.531. The summed E-state index contributed by atoms with van der Waals surface area (Å²) >= 11 is 0. The molecule has 0 unspecified atom stereocenters. The van der Waals surface area contributed by atoms with Crippen LogP contribution in [0.1, 0.15) is 18.6 Å². The Morgan fingerprint density at radius 2 is 1.84 bits per heavy atom. The first kappa shape index (κ1) is 16.6. The molecule has 0 aliphatic carbocycles. The van der Waals surface area contributed by atoms with Crippen LogP contribution in [0.15, 0.2) is 60.8 Å². The van der Waals surface area contributed by atoms with Crippen LogP contribution in [0.25, 0.3) is 11.1 Å². The number of amides is 1. The Labute approximate surface area is 146 Å². The Morgan fingerprint density at radius 3 is 2.52 bits per heavy atom. The Kier molecular flexibility index (Phi) is 4.70. The third-order valence-corrected chi connectivity index (χ3v) is 3.93. The van der Waals surface area contributed by atoms with Gasteiger partial charge in [0.15, 0.2) is 0 Å². The molecular formula is C19H20N4O2. The summed E-state index contributed by atoms with van der Waals surface area (Å²) in [4.78, 5) is 12.3. The van der Waals surface area contributed by atoms with Crippen molar-refractivity contribution in [2.24, 2.45) is 7.05 Å². The van der Waals surface area contributed by atoms with Crippen molar-refractivity contribution in [3.63, 3.8) is 0 Å². The second kappa shape index (κ2) is 7.09. The molecular weight excluding hydrogens is 316 g/mol. The number of nitrogens with two attached hydrogens (primary N) is 1. The monoisotopic (exact) mass is 336 g/mol. The molecule has 0 radical (unpaired) electrons. The summed E-state index contributed by atoms with van der Waals surface area (Å²) in [6.45, 7) is 1.83. The third kappa shape index (κ3) is 3.80. The topological polar surface area (TPSA) is 82.2 Å². The number of carbonyl (C=O) groups excluding carboxylic acids is 1. The van der Waals surface area contributed by atoms with Crippen LogP contribution in [0.2, 0.25) is 0 Å². The van der Waals surface area contributed by atoms with E-state index < -0.39 is 6.09 Å². The van der Waals surface area contributed by atoms with Crippen molar-refractivity contribution in [1.29, 1.82) is 0 Å². The van der Waals surface area contributed by atoms with Crippen LogP contribution < -0.4 is 11.1 Å². The van der Waals surface area contributed by atoms with Crippen molar-refractivity contribution in [3.05, 3.63) is 66.4 Å². The van der Waals surface area contributed by atoms with Gasteiger partial charge in [-0.2, -0.15) is 5.10 Å². The maximum absolute atomic E-state index is 12.3. The summed E-state index contributed by atoms with van der Waals surface area (Å²) < 4.78 is 7.06. The zero-order chi connectivity index (χ0) is 17.8. The Morgan fingerprint density at radius 1 is 1.16 bits per heavy atom. The van der Waals surface area contributed by atoms with Crippen LogP contribution in [0.5, 0.6) is 0 Å². The summed E-state index contributed by atoms with van der Waals surface area (Å²) in [5.41, 5.74) is 9.05. The van der Waals surface area contributed by atoms with Gasteiger partial charge in [-0.05, 0) is 30.2 Å². The number of nitrogen functional groups attached to an aromatic ring is 1. The highest BCUT2D eigenvalue weighted by Crippen LogP contribution is 2.28. The number of anilines is 2. The molecule has 1 aromatic heterocycles. The zero-order valence-electron chi connectivity index (χ0n) is 14.1. The van der Waals surface area contributed by atoms with Crippen molar-refractivity contribution in [1.82, 2.24) is 9.78 Å². The van der Waals surface area contributed by atoms with Crippen molar-refractivity contribution < 1.29 is 9.53 Å². The highest BCUT2D eigenvalue weighted by atomic mass is 16.6. The van der Waals surface area contributed by atoms with Gasteiger partial charge in [-0.25, -0.2) is 4.79 Å². The summed E-state index contributed by atoms with van der Waals surface area (Å²) in [5, 5.41) is 7.00. The fraction of sp³-hybridized carbons (Fsp3) is 0.158. The smallest absolute Gasteiger partial charge is 0.413 e. The molecule has 25 heavy (non-hydrogen) atoms. The molecule has 128 valence electrons. The third-order valence-electron chi connectivity index (χ3n) is 3.93. The summed E-state index contributed by atoms with van der Waals surface area (Å²) in [5.74, 6) is 0.565. The van der Waals surface area contributed by atoms with E-state index in [2.05, 4.69) is 10.4 Å². The average molecular weight is 336 g/mol. The first-order valence-corrected chi connectivity index (χ1v) is 7.95. The molecule has 0 saturated carbocycles. The molecule has 6 nitrogen and oxygen atoms in total. The number of aryl methyl sites for hydroxylation is 1. The molecule has 0 aliphatic rings. The fourth-order valence-corrected chi connectivity index (χ4v) is 2.54. The number of rotatable bonds is 4. The average Bonchev–Trinajstić information content (AvgIpc) is 2.97. The van der Waals surface area contributed by atoms with E-state index in [0.29, 0.717) is 11.5 Å². The molecule has 0 bridgehead atoms. The molecule has 6 heteroatoms. The maximum Gasteiger partial charge on any atom is 0.413 e. The fourth-order valence-electron chi connectivity index (χ4n) is 2.54. The maximum atomic E-state index is 12.3. The van der Waals surface area contributed by atoms with Crippen LogP contribution in [0.3, 0.4) is 0 Å². The zero-order valence-corrected chi connectivity index (χ0v) is 14.1. The second-order valence-electron chi connectivity index (χ2n) is 5.74. The molecule has 0 spiro atoms. The lowest BCUT2D eigenvalue weighted by atomic mass is 10.1. The van der Waals surface area contributed by atoms with Gasteiger partial charge in [-0.3, -0.25) is 10.00 Å². The summed E-state index contributed by atoms with van der Waals surface area (Å²) in [7, 11) is 1.76. The van der Waals surface area contributed by atoms with E-state index in [1.165, 1.54) is 0 Å². The minimum Gasteiger partial charge on any atom is -0.441 e. The SMILES string of the molecule is C[C@@H](OC(=O)Nc1c(-c2ccc(N)cc2)cnn1C)c1ccccc1. The van der Waals surface area contributed by atoms with E-state index in [9.17, 15) is 4.79 Å². The normalized spacial score (nSPS) is 11.8. The Hall–Kier alpha value is -3.28. The molecule has 3 N–H and O–H groups in total. The Balaban J connectivity index is 1.75. The first-order valence-electron chi connectivity index (χ1n) is 7.95. The van der Waals surface area contributed by atoms with Crippen LogP contribution in [-0.2, 0) is 11.8 Å². The molecule has 0 aliphatic heterocycles. The summed E-state index contributed by atoms with van der Waals surface area (Å²) in [6.07, 6.45) is 0.813. The first-order chi connectivity index (χ1) is 12.0. The molecule has 0 fully saturated rings. The van der Waals surface area contributed by atoms with Crippen molar-refractivity contribution in [2.45, 2.75) is 13.0 Å². The standard InChI is InChI=1S/C19H20N4O2/c1-13(14-6-4-3-5-7-14)25-19(24)22-18-17(12-21-23(18)2)15-8-10-16(20)11-9-15/h3-13H,20H2,1-2H3,(H,22,24)/t13-/m1/s1. The van der Waals surface area contributed by atoms with Gasteiger partial charge >= 0.3 is 6.09 Å². The lowest BCUT2D eigenvalue weighted by Crippen LogP contribution is -2.18. The number of aromatic nitrogens is 2. The number of ether oxygens (including phenoxy) is 1. The Bertz CT molecular complexity index is 857. The second-order valence-corrected chi connectivity index (χ2v) is 5.74. The van der Waals surface area contributed by atoms with Gasteiger partial charge in [0, 0.05) is 18.3 Å². The van der Waals surface area contributed by atoms with Gasteiger partial charge in [-0.1, -0.05) is 42.5 Å². The van der Waals surface area contributed by atoms with E-state index in [-0.39, 0.29) is 6.10 Å². The molecule has 0 saturated heterocycles. The summed E-state index contributed by atoms with van der Waals surface area (Å²) in [6, 6.07) is 17.0. The van der Waals surface area contributed by atoms with Crippen LogP contribution in [0, 0.1) is 0 Å². The largest absolute Gasteiger partial charge is 0.441 e. The van der Waals surface area contributed by atoms with Gasteiger partial charge in [0.2, 0.25) is 0 Å². The number of carbonyl (C=O) groups is 1. The van der Waals surface area contributed by atoms with Crippen molar-refractivity contribution in [3.8, 4) is 11.1 Å². The number of hydrogen-bond donors (Lipinski definition) is 2. The minimum absolute atomic E-state index is 0.352. The predicted molar refractivity (Wildman–Crippen MR) is 98.0 cm³/mol. The van der Waals surface area contributed by atoms with E-state index in [0.717, 1.165) is 16.7 Å². The molecule has 3 aromatic rings.